The zero-order valence-corrected chi connectivity index (χ0v) is 11.4. The molecular weight excluding hydrogens is 262 g/mol. The third-order valence-electron chi connectivity index (χ3n) is 3.89. The molecule has 2 heterocycles. The minimum Gasteiger partial charge on any atom is -0.294 e. The number of carbonyl (C=O) groups excluding carboxylic acids is 1. The minimum absolute atomic E-state index is 0.152. The fourth-order valence-electron chi connectivity index (χ4n) is 2.82. The number of aromatic nitrogens is 3. The van der Waals surface area contributed by atoms with E-state index < -0.39 is 0 Å². The summed E-state index contributed by atoms with van der Waals surface area (Å²) in [6, 6.07) is 8.04. The summed E-state index contributed by atoms with van der Waals surface area (Å²) in [5, 5.41) is 2.14. The Morgan fingerprint density at radius 1 is 0.952 bits per heavy atom. The molecule has 0 fully saturated rings. The van der Waals surface area contributed by atoms with Crippen LogP contribution in [0.5, 0.6) is 0 Å². The molecule has 0 N–H and O–H groups in total. The number of fused-ring (bicyclic) bond motifs is 2. The van der Waals surface area contributed by atoms with Gasteiger partial charge in [-0.05, 0) is 18.2 Å². The largest absolute Gasteiger partial charge is 0.294 e. The standard InChI is InChI=1S/C17H13N3O/c21-16-7-3-6-15-14(16)10-19-17(20-15)13-9-18-8-11-4-1-2-5-12(11)13/h1-2,4-5,8-10H,3,6-7H2. The Kier molecular flexibility index (Phi) is 2.74. The van der Waals surface area contributed by atoms with E-state index in [1.165, 1.54) is 0 Å². The van der Waals surface area contributed by atoms with Crippen LogP contribution in [-0.2, 0) is 6.42 Å². The van der Waals surface area contributed by atoms with E-state index in [4.69, 9.17) is 0 Å². The van der Waals surface area contributed by atoms with E-state index in [1.54, 1.807) is 12.4 Å². The molecule has 1 aromatic carbocycles. The first-order valence-electron chi connectivity index (χ1n) is 7.05. The zero-order chi connectivity index (χ0) is 14.2. The number of aryl methyl sites for hydroxylation is 1. The van der Waals surface area contributed by atoms with Gasteiger partial charge in [0, 0.05) is 36.0 Å². The molecule has 2 aromatic heterocycles. The number of nitrogens with zero attached hydrogens (tertiary/aromatic N) is 3. The lowest BCUT2D eigenvalue weighted by molar-refractivity contribution is 0.0971. The van der Waals surface area contributed by atoms with E-state index in [9.17, 15) is 4.79 Å². The molecule has 0 spiro atoms. The van der Waals surface area contributed by atoms with Crippen LogP contribution >= 0.6 is 0 Å². The van der Waals surface area contributed by atoms with Gasteiger partial charge in [0.2, 0.25) is 0 Å². The van der Waals surface area contributed by atoms with Gasteiger partial charge in [-0.3, -0.25) is 9.78 Å². The van der Waals surface area contributed by atoms with Gasteiger partial charge in [0.15, 0.2) is 11.6 Å². The molecule has 102 valence electrons. The second-order valence-corrected chi connectivity index (χ2v) is 5.24. The summed E-state index contributed by atoms with van der Waals surface area (Å²) in [4.78, 5) is 25.1. The Bertz CT molecular complexity index is 852. The number of hydrogen-bond donors (Lipinski definition) is 0. The molecule has 0 atom stereocenters. The average Bonchev–Trinajstić information content (AvgIpc) is 2.54. The first-order chi connectivity index (χ1) is 10.3. The van der Waals surface area contributed by atoms with Gasteiger partial charge in [0.25, 0.3) is 0 Å². The van der Waals surface area contributed by atoms with Gasteiger partial charge in [0.1, 0.15) is 0 Å². The number of Topliss-reactive ketones (excluding diaryl/α,β-unsaturated/α-hetero) is 1. The first-order valence-corrected chi connectivity index (χ1v) is 7.05. The Morgan fingerprint density at radius 3 is 2.81 bits per heavy atom. The average molecular weight is 275 g/mol. The number of rotatable bonds is 1. The number of pyridine rings is 1. The lowest BCUT2D eigenvalue weighted by Crippen LogP contribution is -2.13. The Balaban J connectivity index is 1.91. The van der Waals surface area contributed by atoms with Crippen molar-refractivity contribution in [3.63, 3.8) is 0 Å². The highest BCUT2D eigenvalue weighted by atomic mass is 16.1. The van der Waals surface area contributed by atoms with E-state index in [0.29, 0.717) is 17.8 Å². The van der Waals surface area contributed by atoms with Crippen molar-refractivity contribution in [1.29, 1.82) is 0 Å². The summed E-state index contributed by atoms with van der Waals surface area (Å²) in [6.45, 7) is 0. The van der Waals surface area contributed by atoms with Gasteiger partial charge >= 0.3 is 0 Å². The highest BCUT2D eigenvalue weighted by Gasteiger charge is 2.20. The second-order valence-electron chi connectivity index (χ2n) is 5.24. The highest BCUT2D eigenvalue weighted by molar-refractivity contribution is 5.98. The lowest BCUT2D eigenvalue weighted by Gasteiger charge is -2.14. The molecule has 21 heavy (non-hydrogen) atoms. The molecule has 4 nitrogen and oxygen atoms in total. The molecule has 0 aliphatic heterocycles. The van der Waals surface area contributed by atoms with Gasteiger partial charge in [-0.25, -0.2) is 9.97 Å². The van der Waals surface area contributed by atoms with Crippen molar-refractivity contribution < 1.29 is 4.79 Å². The topological polar surface area (TPSA) is 55.7 Å². The molecule has 0 saturated carbocycles. The Hall–Kier alpha value is -2.62. The highest BCUT2D eigenvalue weighted by Crippen LogP contribution is 2.27. The number of ketones is 1. The minimum atomic E-state index is 0.152. The molecule has 0 amide bonds. The van der Waals surface area contributed by atoms with E-state index in [-0.39, 0.29) is 5.78 Å². The van der Waals surface area contributed by atoms with Crippen LogP contribution in [0.2, 0.25) is 0 Å². The van der Waals surface area contributed by atoms with Crippen LogP contribution in [0.1, 0.15) is 28.9 Å². The van der Waals surface area contributed by atoms with Gasteiger partial charge in [0.05, 0.1) is 11.3 Å². The van der Waals surface area contributed by atoms with E-state index in [0.717, 1.165) is 34.9 Å². The van der Waals surface area contributed by atoms with Crippen molar-refractivity contribution in [3.8, 4) is 11.4 Å². The monoisotopic (exact) mass is 275 g/mol. The van der Waals surface area contributed by atoms with Crippen molar-refractivity contribution >= 4 is 16.6 Å². The van der Waals surface area contributed by atoms with Crippen molar-refractivity contribution in [3.05, 3.63) is 54.1 Å². The second kappa shape index (κ2) is 4.74. The number of benzene rings is 1. The van der Waals surface area contributed by atoms with Crippen LogP contribution in [0.4, 0.5) is 0 Å². The normalized spacial score (nSPS) is 14.2. The maximum absolute atomic E-state index is 11.9. The molecular formula is C17H13N3O. The van der Waals surface area contributed by atoms with Crippen molar-refractivity contribution in [1.82, 2.24) is 15.0 Å². The Labute approximate surface area is 121 Å². The molecule has 1 aliphatic carbocycles. The van der Waals surface area contributed by atoms with Gasteiger partial charge < -0.3 is 0 Å². The summed E-state index contributed by atoms with van der Waals surface area (Å²) >= 11 is 0. The number of hydrogen-bond acceptors (Lipinski definition) is 4. The van der Waals surface area contributed by atoms with Gasteiger partial charge in [-0.15, -0.1) is 0 Å². The summed E-state index contributed by atoms with van der Waals surface area (Å²) in [6.07, 6.45) is 7.60. The smallest absolute Gasteiger partial charge is 0.166 e. The molecule has 4 rings (SSSR count). The molecule has 3 aromatic rings. The number of carbonyl (C=O) groups is 1. The summed E-state index contributed by atoms with van der Waals surface area (Å²) < 4.78 is 0. The first kappa shape index (κ1) is 12.1. The molecule has 1 aliphatic rings. The van der Waals surface area contributed by atoms with E-state index in [2.05, 4.69) is 15.0 Å². The van der Waals surface area contributed by atoms with E-state index in [1.807, 2.05) is 30.5 Å². The predicted octanol–water partition coefficient (Wildman–Crippen LogP) is 3.21. The van der Waals surface area contributed by atoms with Crippen LogP contribution in [-0.4, -0.2) is 20.7 Å². The molecule has 4 heteroatoms. The zero-order valence-electron chi connectivity index (χ0n) is 11.4. The molecule has 0 radical (unpaired) electrons. The van der Waals surface area contributed by atoms with Crippen molar-refractivity contribution in [2.75, 3.05) is 0 Å². The van der Waals surface area contributed by atoms with Crippen LogP contribution in [0.3, 0.4) is 0 Å². The Morgan fingerprint density at radius 2 is 1.86 bits per heavy atom. The molecule has 0 unspecified atom stereocenters. The van der Waals surface area contributed by atoms with Crippen LogP contribution in [0, 0.1) is 0 Å². The maximum atomic E-state index is 11.9. The summed E-state index contributed by atoms with van der Waals surface area (Å²) in [5.41, 5.74) is 2.45. The lowest BCUT2D eigenvalue weighted by atomic mass is 9.96. The predicted molar refractivity (Wildman–Crippen MR) is 80.0 cm³/mol. The fourth-order valence-corrected chi connectivity index (χ4v) is 2.82. The third-order valence-corrected chi connectivity index (χ3v) is 3.89. The van der Waals surface area contributed by atoms with Gasteiger partial charge in [-0.1, -0.05) is 24.3 Å². The molecule has 0 saturated heterocycles. The van der Waals surface area contributed by atoms with E-state index >= 15 is 0 Å². The summed E-state index contributed by atoms with van der Waals surface area (Å²) in [5.74, 6) is 0.798. The maximum Gasteiger partial charge on any atom is 0.166 e. The van der Waals surface area contributed by atoms with Gasteiger partial charge in [-0.2, -0.15) is 0 Å². The van der Waals surface area contributed by atoms with Crippen molar-refractivity contribution in [2.45, 2.75) is 19.3 Å². The van der Waals surface area contributed by atoms with Crippen LogP contribution < -0.4 is 0 Å². The SMILES string of the molecule is O=C1CCCc2nc(-c3cncc4ccccc34)ncc21. The fraction of sp³-hybridized carbons (Fsp3) is 0.176. The molecule has 0 bridgehead atoms. The van der Waals surface area contributed by atoms with Crippen molar-refractivity contribution in [2.24, 2.45) is 0 Å². The summed E-state index contributed by atoms with van der Waals surface area (Å²) in [7, 11) is 0. The van der Waals surface area contributed by atoms with Crippen LogP contribution in [0.15, 0.2) is 42.9 Å². The van der Waals surface area contributed by atoms with Crippen LogP contribution in [0.25, 0.3) is 22.2 Å². The third kappa shape index (κ3) is 2.00. The quantitative estimate of drug-likeness (QED) is 0.684.